The van der Waals surface area contributed by atoms with E-state index in [1.165, 1.54) is 10.5 Å². The van der Waals surface area contributed by atoms with Crippen molar-refractivity contribution in [3.8, 4) is 5.75 Å². The second-order valence-electron chi connectivity index (χ2n) is 6.75. The van der Waals surface area contributed by atoms with Crippen LogP contribution >= 0.6 is 11.6 Å². The SMILES string of the molecule is Cc1ccc2nc(/C(Cl)=C/c3cccc(OCc4ccccc4)c3)cc(=O)n2c1. The van der Waals surface area contributed by atoms with Gasteiger partial charge in [0.15, 0.2) is 0 Å². The molecule has 2 aromatic carbocycles. The topological polar surface area (TPSA) is 43.6 Å². The maximum Gasteiger partial charge on any atom is 0.258 e. The van der Waals surface area contributed by atoms with Crippen LogP contribution in [0.4, 0.5) is 0 Å². The summed E-state index contributed by atoms with van der Waals surface area (Å²) in [7, 11) is 0. The van der Waals surface area contributed by atoms with Crippen LogP contribution in [0.2, 0.25) is 0 Å². The summed E-state index contributed by atoms with van der Waals surface area (Å²) in [4.78, 5) is 16.9. The summed E-state index contributed by atoms with van der Waals surface area (Å²) in [6, 6.07) is 22.8. The van der Waals surface area contributed by atoms with Gasteiger partial charge in [0.1, 0.15) is 18.0 Å². The fraction of sp³-hybridized carbons (Fsp3) is 0.0833. The van der Waals surface area contributed by atoms with Crippen molar-refractivity contribution in [2.75, 3.05) is 0 Å². The molecule has 0 amide bonds. The molecular formula is C24H19ClN2O2. The van der Waals surface area contributed by atoms with Crippen LogP contribution in [0.25, 0.3) is 16.8 Å². The van der Waals surface area contributed by atoms with Crippen molar-refractivity contribution < 1.29 is 4.74 Å². The molecule has 0 N–H and O–H groups in total. The van der Waals surface area contributed by atoms with E-state index in [1.54, 1.807) is 12.3 Å². The first-order valence-corrected chi connectivity index (χ1v) is 9.61. The highest BCUT2D eigenvalue weighted by molar-refractivity contribution is 6.51. The molecule has 0 unspecified atom stereocenters. The Kier molecular flexibility index (Phi) is 5.45. The Labute approximate surface area is 173 Å². The first-order chi connectivity index (χ1) is 14.1. The van der Waals surface area contributed by atoms with Gasteiger partial charge in [-0.05, 0) is 47.9 Å². The number of ether oxygens (including phenoxy) is 1. The van der Waals surface area contributed by atoms with Crippen molar-refractivity contribution in [2.45, 2.75) is 13.5 Å². The Morgan fingerprint density at radius 3 is 2.72 bits per heavy atom. The number of halogens is 1. The maximum absolute atomic E-state index is 12.4. The van der Waals surface area contributed by atoms with E-state index in [0.717, 1.165) is 22.4 Å². The fourth-order valence-electron chi connectivity index (χ4n) is 2.99. The van der Waals surface area contributed by atoms with Crippen molar-refractivity contribution in [3.05, 3.63) is 112 Å². The average molecular weight is 403 g/mol. The number of rotatable bonds is 5. The summed E-state index contributed by atoms with van der Waals surface area (Å²) in [6.07, 6.45) is 3.54. The van der Waals surface area contributed by atoms with Gasteiger partial charge in [-0.3, -0.25) is 9.20 Å². The van der Waals surface area contributed by atoms with E-state index in [2.05, 4.69) is 4.98 Å². The summed E-state index contributed by atoms with van der Waals surface area (Å²) >= 11 is 6.48. The number of pyridine rings is 1. The molecular weight excluding hydrogens is 384 g/mol. The van der Waals surface area contributed by atoms with Gasteiger partial charge in [-0.2, -0.15) is 0 Å². The molecule has 0 atom stereocenters. The van der Waals surface area contributed by atoms with Crippen molar-refractivity contribution in [1.82, 2.24) is 9.38 Å². The highest BCUT2D eigenvalue weighted by Crippen LogP contribution is 2.23. The van der Waals surface area contributed by atoms with Crippen LogP contribution in [0.5, 0.6) is 5.75 Å². The molecule has 0 spiro atoms. The molecule has 0 aliphatic rings. The van der Waals surface area contributed by atoms with E-state index in [0.29, 0.717) is 23.0 Å². The number of hydrogen-bond donors (Lipinski definition) is 0. The standard InChI is InChI=1S/C24H19ClN2O2/c1-17-10-11-23-26-22(14-24(28)27(23)15-17)21(25)13-19-8-5-9-20(12-19)29-16-18-6-3-2-4-7-18/h2-15H,16H2,1H3/b21-13-. The molecule has 4 nitrogen and oxygen atoms in total. The minimum atomic E-state index is -0.166. The third kappa shape index (κ3) is 4.55. The summed E-state index contributed by atoms with van der Waals surface area (Å²) in [5.74, 6) is 0.745. The summed E-state index contributed by atoms with van der Waals surface area (Å²) in [5, 5.41) is 0.394. The van der Waals surface area contributed by atoms with E-state index in [-0.39, 0.29) is 5.56 Å². The molecule has 5 heteroatoms. The van der Waals surface area contributed by atoms with Crippen LogP contribution < -0.4 is 10.3 Å². The van der Waals surface area contributed by atoms with Gasteiger partial charge in [-0.25, -0.2) is 4.98 Å². The van der Waals surface area contributed by atoms with Gasteiger partial charge >= 0.3 is 0 Å². The first kappa shape index (κ1) is 19.0. The summed E-state index contributed by atoms with van der Waals surface area (Å²) < 4.78 is 7.38. The molecule has 144 valence electrons. The smallest absolute Gasteiger partial charge is 0.258 e. The average Bonchev–Trinajstić information content (AvgIpc) is 2.73. The van der Waals surface area contributed by atoms with E-state index >= 15 is 0 Å². The zero-order valence-electron chi connectivity index (χ0n) is 15.9. The van der Waals surface area contributed by atoms with E-state index in [4.69, 9.17) is 16.3 Å². The van der Waals surface area contributed by atoms with Crippen molar-refractivity contribution in [3.63, 3.8) is 0 Å². The van der Waals surface area contributed by atoms with Crippen LogP contribution in [0, 0.1) is 6.92 Å². The normalized spacial score (nSPS) is 11.6. The third-order valence-electron chi connectivity index (χ3n) is 4.45. The minimum Gasteiger partial charge on any atom is -0.489 e. The molecule has 29 heavy (non-hydrogen) atoms. The Morgan fingerprint density at radius 2 is 1.90 bits per heavy atom. The maximum atomic E-state index is 12.4. The monoisotopic (exact) mass is 402 g/mol. The molecule has 0 fully saturated rings. The van der Waals surface area contributed by atoms with Gasteiger partial charge in [0.05, 0.1) is 10.7 Å². The first-order valence-electron chi connectivity index (χ1n) is 9.23. The van der Waals surface area contributed by atoms with Gasteiger partial charge in [0, 0.05) is 12.3 Å². The molecule has 0 aliphatic heterocycles. The minimum absolute atomic E-state index is 0.166. The fourth-order valence-corrected chi connectivity index (χ4v) is 3.21. The lowest BCUT2D eigenvalue weighted by atomic mass is 10.2. The van der Waals surface area contributed by atoms with Gasteiger partial charge in [0.2, 0.25) is 0 Å². The molecule has 0 bridgehead atoms. The Morgan fingerprint density at radius 1 is 1.07 bits per heavy atom. The molecule has 2 heterocycles. The second-order valence-corrected chi connectivity index (χ2v) is 7.16. The molecule has 4 rings (SSSR count). The van der Waals surface area contributed by atoms with E-state index < -0.39 is 0 Å². The number of aryl methyl sites for hydroxylation is 1. The third-order valence-corrected chi connectivity index (χ3v) is 4.75. The summed E-state index contributed by atoms with van der Waals surface area (Å²) in [5.41, 5.74) is 3.79. The Hall–Kier alpha value is -3.37. The molecule has 0 radical (unpaired) electrons. The van der Waals surface area contributed by atoms with Crippen LogP contribution in [-0.4, -0.2) is 9.38 Å². The second kappa shape index (κ2) is 8.33. The lowest BCUT2D eigenvalue weighted by Crippen LogP contribution is -2.15. The number of aromatic nitrogens is 2. The van der Waals surface area contributed by atoms with Crippen LogP contribution in [0.15, 0.2) is 83.8 Å². The number of hydrogen-bond acceptors (Lipinski definition) is 3. The zero-order valence-corrected chi connectivity index (χ0v) is 16.6. The van der Waals surface area contributed by atoms with Gasteiger partial charge in [0.25, 0.3) is 5.56 Å². The molecule has 0 aliphatic carbocycles. The highest BCUT2D eigenvalue weighted by Gasteiger charge is 2.07. The lowest BCUT2D eigenvalue weighted by molar-refractivity contribution is 0.306. The van der Waals surface area contributed by atoms with Crippen LogP contribution in [-0.2, 0) is 6.61 Å². The molecule has 4 aromatic rings. The highest BCUT2D eigenvalue weighted by atomic mass is 35.5. The van der Waals surface area contributed by atoms with E-state index in [1.807, 2.05) is 73.7 Å². The largest absolute Gasteiger partial charge is 0.489 e. The molecule has 0 saturated carbocycles. The Balaban J connectivity index is 1.58. The van der Waals surface area contributed by atoms with E-state index in [9.17, 15) is 4.79 Å². The zero-order chi connectivity index (χ0) is 20.2. The molecule has 0 saturated heterocycles. The van der Waals surface area contributed by atoms with Gasteiger partial charge in [-0.1, -0.05) is 60.1 Å². The van der Waals surface area contributed by atoms with Crippen molar-refractivity contribution in [2.24, 2.45) is 0 Å². The van der Waals surface area contributed by atoms with Crippen LogP contribution in [0.1, 0.15) is 22.4 Å². The lowest BCUT2D eigenvalue weighted by Gasteiger charge is -2.07. The van der Waals surface area contributed by atoms with Crippen LogP contribution in [0.3, 0.4) is 0 Å². The molecule has 2 aromatic heterocycles. The van der Waals surface area contributed by atoms with Gasteiger partial charge < -0.3 is 4.74 Å². The van der Waals surface area contributed by atoms with Crippen molar-refractivity contribution in [1.29, 1.82) is 0 Å². The summed E-state index contributed by atoms with van der Waals surface area (Å²) in [6.45, 7) is 2.42. The predicted molar refractivity (Wildman–Crippen MR) is 117 cm³/mol. The van der Waals surface area contributed by atoms with Crippen molar-refractivity contribution >= 4 is 28.4 Å². The number of fused-ring (bicyclic) bond motifs is 1. The quantitative estimate of drug-likeness (QED) is 0.454. The number of nitrogens with zero attached hydrogens (tertiary/aromatic N) is 2. The number of benzene rings is 2. The predicted octanol–water partition coefficient (Wildman–Crippen LogP) is 5.32. The Bertz CT molecular complexity index is 1250. The van der Waals surface area contributed by atoms with Gasteiger partial charge in [-0.15, -0.1) is 0 Å².